The van der Waals surface area contributed by atoms with Crippen LogP contribution in [0.5, 0.6) is 0 Å². The predicted molar refractivity (Wildman–Crippen MR) is 71.3 cm³/mol. The van der Waals surface area contributed by atoms with Crippen LogP contribution in [0.1, 0.15) is 23.7 Å². The Balaban J connectivity index is 2.20. The highest BCUT2D eigenvalue weighted by Gasteiger charge is 2.15. The van der Waals surface area contributed by atoms with Gasteiger partial charge in [0.05, 0.1) is 5.02 Å². The zero-order valence-corrected chi connectivity index (χ0v) is 11.0. The Morgan fingerprint density at radius 1 is 1.39 bits per heavy atom. The van der Waals surface area contributed by atoms with E-state index in [0.29, 0.717) is 30.1 Å². The maximum absolute atomic E-state index is 11.3. The van der Waals surface area contributed by atoms with Crippen molar-refractivity contribution in [2.75, 3.05) is 24.5 Å². The zero-order chi connectivity index (χ0) is 13.1. The number of nitrogens with one attached hydrogen (secondary N) is 1. The number of halogens is 1. The summed E-state index contributed by atoms with van der Waals surface area (Å²) in [5.41, 5.74) is 1.48. The van der Waals surface area contributed by atoms with E-state index in [0.717, 1.165) is 12.2 Å². The van der Waals surface area contributed by atoms with Gasteiger partial charge < -0.3 is 10.2 Å². The average molecular weight is 267 g/mol. The zero-order valence-electron chi connectivity index (χ0n) is 10.2. The molecule has 0 saturated carbocycles. The second-order valence-electron chi connectivity index (χ2n) is 4.31. The van der Waals surface area contributed by atoms with Gasteiger partial charge in [-0.25, -0.2) is 0 Å². The summed E-state index contributed by atoms with van der Waals surface area (Å²) >= 11 is 6.08. The Kier molecular flexibility index (Phi) is 3.87. The van der Waals surface area contributed by atoms with Crippen molar-refractivity contribution in [3.63, 3.8) is 0 Å². The molecule has 1 aliphatic heterocycles. The van der Waals surface area contributed by atoms with Crippen LogP contribution in [0.2, 0.25) is 5.02 Å². The number of benzene rings is 1. The van der Waals surface area contributed by atoms with E-state index in [-0.39, 0.29) is 11.7 Å². The lowest BCUT2D eigenvalue weighted by Gasteiger charge is -2.22. The number of carbonyl (C=O) groups is 2. The van der Waals surface area contributed by atoms with Crippen molar-refractivity contribution in [2.45, 2.75) is 13.3 Å². The first kappa shape index (κ1) is 12.9. The molecule has 1 fully saturated rings. The molecule has 1 saturated heterocycles. The molecule has 1 heterocycles. The Morgan fingerprint density at radius 3 is 2.83 bits per heavy atom. The summed E-state index contributed by atoms with van der Waals surface area (Å²) in [4.78, 5) is 24.7. The van der Waals surface area contributed by atoms with Crippen molar-refractivity contribution in [3.05, 3.63) is 28.8 Å². The van der Waals surface area contributed by atoms with Crippen molar-refractivity contribution < 1.29 is 9.59 Å². The first-order valence-corrected chi connectivity index (χ1v) is 6.28. The fourth-order valence-corrected chi connectivity index (χ4v) is 2.32. The normalized spacial score (nSPS) is 16.1. The van der Waals surface area contributed by atoms with E-state index in [1.54, 1.807) is 12.1 Å². The van der Waals surface area contributed by atoms with Gasteiger partial charge in [0.25, 0.3) is 0 Å². The standard InChI is InChI=1S/C13H15ClN2O2/c1-9(17)11-3-2-10(8-12(11)14)16-6-4-13(18)15-5-7-16/h2-3,8H,4-7H2,1H3,(H,15,18). The van der Waals surface area contributed by atoms with Crippen LogP contribution in [-0.2, 0) is 4.79 Å². The van der Waals surface area contributed by atoms with Crippen molar-refractivity contribution in [1.29, 1.82) is 0 Å². The average Bonchev–Trinajstić information content (AvgIpc) is 2.53. The van der Waals surface area contributed by atoms with Crippen molar-refractivity contribution in [3.8, 4) is 0 Å². The van der Waals surface area contributed by atoms with Gasteiger partial charge in [0.2, 0.25) is 5.91 Å². The third-order valence-corrected chi connectivity index (χ3v) is 3.32. The fourth-order valence-electron chi connectivity index (χ4n) is 2.01. The molecule has 2 rings (SSSR count). The molecule has 5 heteroatoms. The van der Waals surface area contributed by atoms with E-state index in [9.17, 15) is 9.59 Å². The van der Waals surface area contributed by atoms with E-state index in [1.807, 2.05) is 6.07 Å². The van der Waals surface area contributed by atoms with Crippen LogP contribution in [0.25, 0.3) is 0 Å². The SMILES string of the molecule is CC(=O)c1ccc(N2CCNC(=O)CC2)cc1Cl. The van der Waals surface area contributed by atoms with Crippen LogP contribution >= 0.6 is 11.6 Å². The van der Waals surface area contributed by atoms with Gasteiger partial charge >= 0.3 is 0 Å². The Bertz CT molecular complexity index is 488. The van der Waals surface area contributed by atoms with Gasteiger partial charge in [-0.1, -0.05) is 11.6 Å². The van der Waals surface area contributed by atoms with E-state index in [1.165, 1.54) is 6.92 Å². The molecule has 1 aromatic rings. The molecule has 0 spiro atoms. The van der Waals surface area contributed by atoms with Gasteiger partial charge in [0, 0.05) is 37.3 Å². The smallest absolute Gasteiger partial charge is 0.221 e. The molecule has 0 atom stereocenters. The Hall–Kier alpha value is -1.55. The van der Waals surface area contributed by atoms with Crippen molar-refractivity contribution >= 4 is 29.0 Å². The van der Waals surface area contributed by atoms with Gasteiger partial charge in [-0.2, -0.15) is 0 Å². The Morgan fingerprint density at radius 2 is 2.17 bits per heavy atom. The summed E-state index contributed by atoms with van der Waals surface area (Å²) < 4.78 is 0. The predicted octanol–water partition coefficient (Wildman–Crippen LogP) is 1.87. The number of hydrogen-bond donors (Lipinski definition) is 1. The highest BCUT2D eigenvalue weighted by Crippen LogP contribution is 2.24. The number of hydrogen-bond acceptors (Lipinski definition) is 3. The van der Waals surface area contributed by atoms with Crippen LogP contribution < -0.4 is 10.2 Å². The highest BCUT2D eigenvalue weighted by atomic mass is 35.5. The summed E-state index contributed by atoms with van der Waals surface area (Å²) in [5.74, 6) is 0.0308. The molecule has 1 N–H and O–H groups in total. The van der Waals surface area contributed by atoms with Crippen LogP contribution in [0, 0.1) is 0 Å². The van der Waals surface area contributed by atoms with E-state index < -0.39 is 0 Å². The minimum Gasteiger partial charge on any atom is -0.369 e. The monoisotopic (exact) mass is 266 g/mol. The van der Waals surface area contributed by atoms with Gasteiger partial charge in [-0.15, -0.1) is 0 Å². The summed E-state index contributed by atoms with van der Waals surface area (Å²) in [6.07, 6.45) is 0.478. The van der Waals surface area contributed by atoms with Crippen LogP contribution in [0.4, 0.5) is 5.69 Å². The molecular formula is C13H15ClN2O2. The number of nitrogens with zero attached hydrogens (tertiary/aromatic N) is 1. The molecule has 96 valence electrons. The summed E-state index contributed by atoms with van der Waals surface area (Å²) in [6.45, 7) is 3.55. The lowest BCUT2D eigenvalue weighted by molar-refractivity contribution is -0.120. The summed E-state index contributed by atoms with van der Waals surface area (Å²) in [5, 5.41) is 3.28. The van der Waals surface area contributed by atoms with Gasteiger partial charge in [0.1, 0.15) is 0 Å². The van der Waals surface area contributed by atoms with Crippen LogP contribution in [0.3, 0.4) is 0 Å². The summed E-state index contributed by atoms with van der Waals surface area (Å²) in [6, 6.07) is 5.40. The molecule has 0 aliphatic carbocycles. The number of Topliss-reactive ketones (excluding diaryl/α,β-unsaturated/α-hetero) is 1. The molecule has 18 heavy (non-hydrogen) atoms. The van der Waals surface area contributed by atoms with Crippen LogP contribution in [-0.4, -0.2) is 31.3 Å². The fraction of sp³-hybridized carbons (Fsp3) is 0.385. The quantitative estimate of drug-likeness (QED) is 0.832. The highest BCUT2D eigenvalue weighted by molar-refractivity contribution is 6.34. The van der Waals surface area contributed by atoms with Gasteiger partial charge in [-0.05, 0) is 25.1 Å². The number of amides is 1. The second-order valence-corrected chi connectivity index (χ2v) is 4.71. The van der Waals surface area contributed by atoms with Crippen LogP contribution in [0.15, 0.2) is 18.2 Å². The molecule has 1 aromatic carbocycles. The molecule has 1 amide bonds. The molecule has 0 unspecified atom stereocenters. The number of ketones is 1. The van der Waals surface area contributed by atoms with Gasteiger partial charge in [0.15, 0.2) is 5.78 Å². The maximum Gasteiger partial charge on any atom is 0.221 e. The van der Waals surface area contributed by atoms with Crippen molar-refractivity contribution in [1.82, 2.24) is 5.32 Å². The first-order valence-electron chi connectivity index (χ1n) is 5.90. The lowest BCUT2D eigenvalue weighted by atomic mass is 10.1. The molecule has 0 radical (unpaired) electrons. The van der Waals surface area contributed by atoms with Crippen molar-refractivity contribution in [2.24, 2.45) is 0 Å². The molecule has 4 nitrogen and oxygen atoms in total. The number of anilines is 1. The molecular weight excluding hydrogens is 252 g/mol. The maximum atomic E-state index is 11.3. The third kappa shape index (κ3) is 2.82. The number of rotatable bonds is 2. The Labute approximate surface area is 111 Å². The largest absolute Gasteiger partial charge is 0.369 e. The minimum absolute atomic E-state index is 0.0424. The number of carbonyl (C=O) groups excluding carboxylic acids is 2. The molecule has 0 aromatic heterocycles. The molecule has 0 bridgehead atoms. The second kappa shape index (κ2) is 5.40. The van der Waals surface area contributed by atoms with E-state index in [4.69, 9.17) is 11.6 Å². The molecule has 1 aliphatic rings. The van der Waals surface area contributed by atoms with E-state index in [2.05, 4.69) is 10.2 Å². The summed E-state index contributed by atoms with van der Waals surface area (Å²) in [7, 11) is 0. The topological polar surface area (TPSA) is 49.4 Å². The first-order chi connectivity index (χ1) is 8.58. The lowest BCUT2D eigenvalue weighted by Crippen LogP contribution is -2.28. The van der Waals surface area contributed by atoms with Gasteiger partial charge in [-0.3, -0.25) is 9.59 Å². The van der Waals surface area contributed by atoms with E-state index >= 15 is 0 Å². The third-order valence-electron chi connectivity index (χ3n) is 3.01. The minimum atomic E-state index is -0.0424.